The molecule has 3 nitrogen and oxygen atoms in total. The van der Waals surface area contributed by atoms with Crippen LogP contribution < -0.4 is 0 Å². The maximum Gasteiger partial charge on any atom is 0.508 e. The zero-order valence-electron chi connectivity index (χ0n) is 18.4. The summed E-state index contributed by atoms with van der Waals surface area (Å²) in [6.07, 6.45) is 11.5. The molecular formula is C23H44O3. The molecule has 0 radical (unpaired) electrons. The van der Waals surface area contributed by atoms with E-state index >= 15 is 0 Å². The molecule has 0 unspecified atom stereocenters. The first-order chi connectivity index (χ1) is 12.1. The fourth-order valence-electron chi connectivity index (χ4n) is 3.96. The van der Waals surface area contributed by atoms with Crippen LogP contribution in [-0.4, -0.2) is 19.4 Å². The van der Waals surface area contributed by atoms with E-state index in [2.05, 4.69) is 41.5 Å². The van der Waals surface area contributed by atoms with E-state index in [0.29, 0.717) is 30.0 Å². The quantitative estimate of drug-likeness (QED) is 0.314. The van der Waals surface area contributed by atoms with Crippen LogP contribution in [0.5, 0.6) is 0 Å². The minimum absolute atomic E-state index is 0.421. The predicted molar refractivity (Wildman–Crippen MR) is 109 cm³/mol. The van der Waals surface area contributed by atoms with E-state index in [9.17, 15) is 4.79 Å². The van der Waals surface area contributed by atoms with Crippen molar-refractivity contribution in [3.63, 3.8) is 0 Å². The van der Waals surface area contributed by atoms with Crippen molar-refractivity contribution < 1.29 is 14.3 Å². The van der Waals surface area contributed by atoms with Gasteiger partial charge in [-0.05, 0) is 54.8 Å². The average Bonchev–Trinajstić information content (AvgIpc) is 2.51. The molecule has 0 aromatic carbocycles. The fourth-order valence-corrected chi connectivity index (χ4v) is 3.96. The molecule has 1 fully saturated rings. The Hall–Kier alpha value is -0.730. The third-order valence-electron chi connectivity index (χ3n) is 5.35. The number of ether oxygens (including phenoxy) is 2. The summed E-state index contributed by atoms with van der Waals surface area (Å²) in [5, 5.41) is 0. The Morgan fingerprint density at radius 1 is 0.769 bits per heavy atom. The first-order valence-electron chi connectivity index (χ1n) is 10.8. The van der Waals surface area contributed by atoms with Gasteiger partial charge in [0, 0.05) is 0 Å². The van der Waals surface area contributed by atoms with E-state index in [-0.39, 0.29) is 0 Å². The third-order valence-corrected chi connectivity index (χ3v) is 5.35. The van der Waals surface area contributed by atoms with E-state index in [1.807, 2.05) is 0 Å². The minimum atomic E-state index is -0.475. The van der Waals surface area contributed by atoms with Gasteiger partial charge in [-0.1, -0.05) is 73.6 Å². The van der Waals surface area contributed by atoms with Crippen molar-refractivity contribution in [2.24, 2.45) is 22.7 Å². The van der Waals surface area contributed by atoms with Crippen molar-refractivity contribution in [1.82, 2.24) is 0 Å². The summed E-state index contributed by atoms with van der Waals surface area (Å²) in [4.78, 5) is 11.7. The van der Waals surface area contributed by atoms with Crippen LogP contribution in [0, 0.1) is 22.7 Å². The normalized spacial score (nSPS) is 21.5. The topological polar surface area (TPSA) is 35.5 Å². The summed E-state index contributed by atoms with van der Waals surface area (Å²) in [7, 11) is 0. The van der Waals surface area contributed by atoms with Gasteiger partial charge in [0.05, 0.1) is 13.2 Å². The van der Waals surface area contributed by atoms with Gasteiger partial charge < -0.3 is 9.47 Å². The maximum atomic E-state index is 11.7. The van der Waals surface area contributed by atoms with Gasteiger partial charge in [0.25, 0.3) is 0 Å². The molecule has 0 spiro atoms. The number of carbonyl (C=O) groups is 1. The van der Waals surface area contributed by atoms with Crippen molar-refractivity contribution >= 4 is 6.16 Å². The highest BCUT2D eigenvalue weighted by molar-refractivity contribution is 5.59. The van der Waals surface area contributed by atoms with Crippen LogP contribution in [0.2, 0.25) is 0 Å². The highest BCUT2D eigenvalue weighted by Crippen LogP contribution is 2.36. The molecule has 26 heavy (non-hydrogen) atoms. The van der Waals surface area contributed by atoms with E-state index in [4.69, 9.17) is 9.47 Å². The van der Waals surface area contributed by atoms with Crippen LogP contribution in [0.4, 0.5) is 4.79 Å². The van der Waals surface area contributed by atoms with Crippen LogP contribution in [0.15, 0.2) is 0 Å². The second-order valence-corrected chi connectivity index (χ2v) is 10.8. The van der Waals surface area contributed by atoms with Crippen LogP contribution >= 0.6 is 0 Å². The van der Waals surface area contributed by atoms with Gasteiger partial charge in [-0.25, -0.2) is 4.79 Å². The Morgan fingerprint density at radius 3 is 1.92 bits per heavy atom. The van der Waals surface area contributed by atoms with Crippen molar-refractivity contribution in [3.8, 4) is 0 Å². The van der Waals surface area contributed by atoms with Gasteiger partial charge in [0.15, 0.2) is 0 Å². The lowest BCUT2D eigenvalue weighted by Crippen LogP contribution is -2.23. The molecule has 1 rings (SSSR count). The second kappa shape index (κ2) is 11.2. The lowest BCUT2D eigenvalue weighted by molar-refractivity contribution is 0.0354. The summed E-state index contributed by atoms with van der Waals surface area (Å²) >= 11 is 0. The first-order valence-corrected chi connectivity index (χ1v) is 10.8. The highest BCUT2D eigenvalue weighted by atomic mass is 16.7. The molecule has 154 valence electrons. The molecule has 0 amide bonds. The molecule has 0 N–H and O–H groups in total. The highest BCUT2D eigenvalue weighted by Gasteiger charge is 2.25. The second-order valence-electron chi connectivity index (χ2n) is 10.8. The molecule has 1 saturated carbocycles. The molecule has 0 atom stereocenters. The third kappa shape index (κ3) is 12.6. The summed E-state index contributed by atoms with van der Waals surface area (Å²) in [5.74, 6) is 1.37. The fraction of sp³-hybridized carbons (Fsp3) is 0.957. The molecular weight excluding hydrogens is 324 g/mol. The number of hydrogen-bond donors (Lipinski definition) is 0. The molecule has 0 aromatic rings. The molecule has 3 heteroatoms. The lowest BCUT2D eigenvalue weighted by atomic mass is 9.75. The summed E-state index contributed by atoms with van der Waals surface area (Å²) in [6, 6.07) is 0. The predicted octanol–water partition coefficient (Wildman–Crippen LogP) is 7.38. The average molecular weight is 369 g/mol. The molecule has 0 aliphatic heterocycles. The Labute approximate surface area is 162 Å². The zero-order valence-corrected chi connectivity index (χ0v) is 18.4. The Kier molecular flexibility index (Phi) is 10.0. The van der Waals surface area contributed by atoms with Crippen molar-refractivity contribution in [1.29, 1.82) is 0 Å². The minimum Gasteiger partial charge on any atom is -0.434 e. The van der Waals surface area contributed by atoms with Crippen molar-refractivity contribution in [2.75, 3.05) is 13.2 Å². The number of carbonyl (C=O) groups excluding carboxylic acids is 1. The van der Waals surface area contributed by atoms with Gasteiger partial charge in [-0.15, -0.1) is 0 Å². The zero-order chi connectivity index (χ0) is 19.6. The summed E-state index contributed by atoms with van der Waals surface area (Å²) in [6.45, 7) is 14.8. The lowest BCUT2D eigenvalue weighted by Gasteiger charge is -2.32. The molecule has 0 bridgehead atoms. The van der Waals surface area contributed by atoms with Crippen LogP contribution in [0.25, 0.3) is 0 Å². The van der Waals surface area contributed by atoms with Crippen LogP contribution in [-0.2, 0) is 9.47 Å². The SMILES string of the molecule is CC(C)(C)CCCCCCOC(=O)OCC1CCC(CC(C)(C)C)CC1. The molecule has 0 heterocycles. The standard InChI is InChI=1S/C23H44O3/c1-22(2,3)15-9-7-8-10-16-25-21(24)26-18-20-13-11-19(12-14-20)17-23(4,5)6/h19-20H,7-18H2,1-6H3. The molecule has 0 saturated heterocycles. The smallest absolute Gasteiger partial charge is 0.434 e. The van der Waals surface area contributed by atoms with E-state index in [1.54, 1.807) is 0 Å². The van der Waals surface area contributed by atoms with Crippen LogP contribution in [0.3, 0.4) is 0 Å². The van der Waals surface area contributed by atoms with Gasteiger partial charge in [-0.2, -0.15) is 0 Å². The monoisotopic (exact) mass is 368 g/mol. The Bertz CT molecular complexity index is 381. The Morgan fingerprint density at radius 2 is 1.35 bits per heavy atom. The van der Waals surface area contributed by atoms with E-state index in [0.717, 1.165) is 18.8 Å². The van der Waals surface area contributed by atoms with Gasteiger partial charge in [0.2, 0.25) is 0 Å². The van der Waals surface area contributed by atoms with Crippen molar-refractivity contribution in [2.45, 2.75) is 106 Å². The summed E-state index contributed by atoms with van der Waals surface area (Å²) in [5.41, 5.74) is 0.844. The van der Waals surface area contributed by atoms with E-state index in [1.165, 1.54) is 51.4 Å². The summed E-state index contributed by atoms with van der Waals surface area (Å²) < 4.78 is 10.5. The van der Waals surface area contributed by atoms with Gasteiger partial charge >= 0.3 is 6.16 Å². The van der Waals surface area contributed by atoms with Crippen LogP contribution in [0.1, 0.15) is 106 Å². The number of unbranched alkanes of at least 4 members (excludes halogenated alkanes) is 3. The number of hydrogen-bond acceptors (Lipinski definition) is 3. The number of rotatable bonds is 9. The first kappa shape index (κ1) is 23.3. The molecule has 1 aliphatic rings. The maximum absolute atomic E-state index is 11.7. The van der Waals surface area contributed by atoms with Crippen molar-refractivity contribution in [3.05, 3.63) is 0 Å². The largest absolute Gasteiger partial charge is 0.508 e. The Balaban J connectivity index is 1.99. The molecule has 1 aliphatic carbocycles. The molecule has 0 aromatic heterocycles. The van der Waals surface area contributed by atoms with Gasteiger partial charge in [0.1, 0.15) is 0 Å². The van der Waals surface area contributed by atoms with E-state index < -0.39 is 6.16 Å². The van der Waals surface area contributed by atoms with Gasteiger partial charge in [-0.3, -0.25) is 0 Å².